The van der Waals surface area contributed by atoms with Gasteiger partial charge in [-0.1, -0.05) is 13.3 Å². The number of ether oxygens (including phenoxy) is 1. The predicted octanol–water partition coefficient (Wildman–Crippen LogP) is 1.06. The third kappa shape index (κ3) is 3.96. The molecule has 4 heteroatoms. The second kappa shape index (κ2) is 5.83. The van der Waals surface area contributed by atoms with E-state index in [0.717, 1.165) is 26.2 Å². The third-order valence-electron chi connectivity index (χ3n) is 3.82. The van der Waals surface area contributed by atoms with Crippen LogP contribution >= 0.6 is 0 Å². The average molecular weight is 240 g/mol. The summed E-state index contributed by atoms with van der Waals surface area (Å²) in [5, 5.41) is 6.31. The predicted molar refractivity (Wildman–Crippen MR) is 66.8 cm³/mol. The van der Waals surface area contributed by atoms with Gasteiger partial charge < -0.3 is 15.4 Å². The highest BCUT2D eigenvalue weighted by Crippen LogP contribution is 2.48. The summed E-state index contributed by atoms with van der Waals surface area (Å²) in [6.07, 6.45) is 5.57. The standard InChI is InChI=1S/C13H24N2O2/c1-2-3-13(4-5-13)10-15-12(16)8-11-9-14-6-7-17-11/h11,14H,2-10H2,1H3,(H,15,16). The lowest BCUT2D eigenvalue weighted by molar-refractivity contribution is -0.124. The second-order valence-electron chi connectivity index (χ2n) is 5.43. The Bertz CT molecular complexity index is 258. The van der Waals surface area contributed by atoms with Crippen molar-refractivity contribution >= 4 is 5.91 Å². The van der Waals surface area contributed by atoms with Gasteiger partial charge in [0.1, 0.15) is 0 Å². The van der Waals surface area contributed by atoms with Crippen LogP contribution in [0.5, 0.6) is 0 Å². The van der Waals surface area contributed by atoms with E-state index < -0.39 is 0 Å². The van der Waals surface area contributed by atoms with Crippen molar-refractivity contribution < 1.29 is 9.53 Å². The van der Waals surface area contributed by atoms with Gasteiger partial charge in [-0.05, 0) is 24.7 Å². The number of hydrogen-bond acceptors (Lipinski definition) is 3. The number of carbonyl (C=O) groups is 1. The zero-order valence-electron chi connectivity index (χ0n) is 10.8. The molecule has 1 aliphatic carbocycles. The monoisotopic (exact) mass is 240 g/mol. The van der Waals surface area contributed by atoms with Gasteiger partial charge in [0.15, 0.2) is 0 Å². The van der Waals surface area contributed by atoms with Crippen LogP contribution in [0.15, 0.2) is 0 Å². The summed E-state index contributed by atoms with van der Waals surface area (Å²) in [7, 11) is 0. The number of nitrogens with one attached hydrogen (secondary N) is 2. The Morgan fingerprint density at radius 3 is 2.94 bits per heavy atom. The van der Waals surface area contributed by atoms with Gasteiger partial charge >= 0.3 is 0 Å². The molecule has 0 aromatic rings. The molecule has 2 fully saturated rings. The highest BCUT2D eigenvalue weighted by Gasteiger charge is 2.41. The van der Waals surface area contributed by atoms with E-state index in [2.05, 4.69) is 17.6 Å². The summed E-state index contributed by atoms with van der Waals surface area (Å²) < 4.78 is 5.52. The molecule has 1 heterocycles. The van der Waals surface area contributed by atoms with Crippen LogP contribution in [0.4, 0.5) is 0 Å². The Morgan fingerprint density at radius 1 is 1.53 bits per heavy atom. The molecule has 17 heavy (non-hydrogen) atoms. The largest absolute Gasteiger partial charge is 0.375 e. The topological polar surface area (TPSA) is 50.4 Å². The highest BCUT2D eigenvalue weighted by atomic mass is 16.5. The van der Waals surface area contributed by atoms with Gasteiger partial charge in [0.2, 0.25) is 5.91 Å². The van der Waals surface area contributed by atoms with E-state index in [9.17, 15) is 4.79 Å². The zero-order valence-corrected chi connectivity index (χ0v) is 10.8. The maximum absolute atomic E-state index is 11.8. The Kier molecular flexibility index (Phi) is 4.40. The molecule has 1 saturated heterocycles. The van der Waals surface area contributed by atoms with Crippen molar-refractivity contribution in [3.05, 3.63) is 0 Å². The highest BCUT2D eigenvalue weighted by molar-refractivity contribution is 5.76. The third-order valence-corrected chi connectivity index (χ3v) is 3.82. The quantitative estimate of drug-likeness (QED) is 0.730. The number of hydrogen-bond donors (Lipinski definition) is 2. The van der Waals surface area contributed by atoms with Gasteiger partial charge in [-0.3, -0.25) is 4.79 Å². The normalized spacial score (nSPS) is 26.5. The van der Waals surface area contributed by atoms with Gasteiger partial charge in [0.05, 0.1) is 19.1 Å². The fourth-order valence-electron chi connectivity index (χ4n) is 2.54. The minimum atomic E-state index is 0.0603. The number of morpholine rings is 1. The first-order valence-corrected chi connectivity index (χ1v) is 6.83. The Morgan fingerprint density at radius 2 is 2.35 bits per heavy atom. The molecule has 0 radical (unpaired) electrons. The maximum atomic E-state index is 11.8. The lowest BCUT2D eigenvalue weighted by Gasteiger charge is -2.23. The Labute approximate surface area is 103 Å². The summed E-state index contributed by atoms with van der Waals surface area (Å²) in [5.41, 5.74) is 0.441. The van der Waals surface area contributed by atoms with E-state index in [1.54, 1.807) is 0 Å². The fraction of sp³-hybridized carbons (Fsp3) is 0.923. The van der Waals surface area contributed by atoms with Gasteiger partial charge in [0, 0.05) is 19.6 Å². The van der Waals surface area contributed by atoms with Crippen molar-refractivity contribution in [1.29, 1.82) is 0 Å². The van der Waals surface area contributed by atoms with E-state index in [4.69, 9.17) is 4.74 Å². The molecule has 0 aromatic carbocycles. The van der Waals surface area contributed by atoms with Gasteiger partial charge in [0.25, 0.3) is 0 Å². The van der Waals surface area contributed by atoms with Crippen molar-refractivity contribution in [2.24, 2.45) is 5.41 Å². The summed E-state index contributed by atoms with van der Waals surface area (Å²) in [4.78, 5) is 11.8. The van der Waals surface area contributed by atoms with Crippen LogP contribution in [-0.4, -0.2) is 38.3 Å². The molecule has 1 aliphatic heterocycles. The van der Waals surface area contributed by atoms with Crippen molar-refractivity contribution in [3.8, 4) is 0 Å². The Hall–Kier alpha value is -0.610. The van der Waals surface area contributed by atoms with Gasteiger partial charge in [-0.2, -0.15) is 0 Å². The fourth-order valence-corrected chi connectivity index (χ4v) is 2.54. The molecule has 4 nitrogen and oxygen atoms in total. The first-order valence-electron chi connectivity index (χ1n) is 6.83. The molecule has 98 valence electrons. The minimum Gasteiger partial charge on any atom is -0.375 e. The summed E-state index contributed by atoms with van der Waals surface area (Å²) >= 11 is 0. The van der Waals surface area contributed by atoms with Crippen molar-refractivity contribution in [1.82, 2.24) is 10.6 Å². The number of carbonyl (C=O) groups excluding carboxylic acids is 1. The van der Waals surface area contributed by atoms with E-state index in [-0.39, 0.29) is 12.0 Å². The van der Waals surface area contributed by atoms with Crippen LogP contribution < -0.4 is 10.6 Å². The molecule has 2 aliphatic rings. The van der Waals surface area contributed by atoms with E-state index in [1.807, 2.05) is 0 Å². The summed E-state index contributed by atoms with van der Waals surface area (Å²) in [6.45, 7) is 5.49. The first-order chi connectivity index (χ1) is 8.24. The van der Waals surface area contributed by atoms with E-state index in [1.165, 1.54) is 25.7 Å². The Balaban J connectivity index is 1.63. The van der Waals surface area contributed by atoms with Crippen LogP contribution in [-0.2, 0) is 9.53 Å². The van der Waals surface area contributed by atoms with E-state index >= 15 is 0 Å². The maximum Gasteiger partial charge on any atom is 0.222 e. The molecular weight excluding hydrogens is 216 g/mol. The van der Waals surface area contributed by atoms with Crippen LogP contribution in [0.2, 0.25) is 0 Å². The smallest absolute Gasteiger partial charge is 0.222 e. The van der Waals surface area contributed by atoms with Gasteiger partial charge in [-0.15, -0.1) is 0 Å². The SMILES string of the molecule is CCCC1(CNC(=O)CC2CNCCO2)CC1. The summed E-state index contributed by atoms with van der Waals surface area (Å²) in [6, 6.07) is 0. The van der Waals surface area contributed by atoms with Gasteiger partial charge in [-0.25, -0.2) is 0 Å². The molecular formula is C13H24N2O2. The first kappa shape index (κ1) is 12.8. The van der Waals surface area contributed by atoms with Crippen molar-refractivity contribution in [2.75, 3.05) is 26.2 Å². The zero-order chi connectivity index (χ0) is 12.1. The molecule has 1 atom stereocenters. The van der Waals surface area contributed by atoms with Crippen molar-refractivity contribution in [3.63, 3.8) is 0 Å². The molecule has 2 rings (SSSR count). The number of rotatable bonds is 6. The van der Waals surface area contributed by atoms with Crippen molar-refractivity contribution in [2.45, 2.75) is 45.1 Å². The summed E-state index contributed by atoms with van der Waals surface area (Å²) in [5.74, 6) is 0.140. The minimum absolute atomic E-state index is 0.0603. The molecule has 1 amide bonds. The van der Waals surface area contributed by atoms with Crippen LogP contribution in [0.3, 0.4) is 0 Å². The molecule has 0 aromatic heterocycles. The molecule has 0 bridgehead atoms. The number of amides is 1. The average Bonchev–Trinajstić information content (AvgIpc) is 3.09. The molecule has 1 unspecified atom stereocenters. The lowest BCUT2D eigenvalue weighted by Crippen LogP contribution is -2.42. The molecule has 2 N–H and O–H groups in total. The van der Waals surface area contributed by atoms with Crippen LogP contribution in [0, 0.1) is 5.41 Å². The lowest BCUT2D eigenvalue weighted by atomic mass is 10.0. The van der Waals surface area contributed by atoms with E-state index in [0.29, 0.717) is 11.8 Å². The second-order valence-corrected chi connectivity index (χ2v) is 5.43. The van der Waals surface area contributed by atoms with Crippen LogP contribution in [0.1, 0.15) is 39.0 Å². The van der Waals surface area contributed by atoms with Crippen LogP contribution in [0.25, 0.3) is 0 Å². The molecule has 0 spiro atoms. The molecule has 1 saturated carbocycles.